The van der Waals surface area contributed by atoms with Crippen LogP contribution in [0.1, 0.15) is 0 Å². The maximum atomic E-state index is 6.24. The molecular formula is C18H11ClN2. The lowest BCUT2D eigenvalue weighted by Gasteiger charge is -2.07. The summed E-state index contributed by atoms with van der Waals surface area (Å²) in [6.45, 7) is 0. The van der Waals surface area contributed by atoms with Crippen LogP contribution in [0, 0.1) is 0 Å². The summed E-state index contributed by atoms with van der Waals surface area (Å²) in [5.74, 6) is 0.701. The lowest BCUT2D eigenvalue weighted by molar-refractivity contribution is 1.23. The van der Waals surface area contributed by atoms with E-state index in [0.717, 1.165) is 27.2 Å². The van der Waals surface area contributed by atoms with Crippen molar-refractivity contribution in [3.63, 3.8) is 0 Å². The van der Waals surface area contributed by atoms with Crippen LogP contribution in [0.25, 0.3) is 33.1 Å². The highest BCUT2D eigenvalue weighted by molar-refractivity contribution is 6.32. The minimum absolute atomic E-state index is 0.695. The van der Waals surface area contributed by atoms with Crippen molar-refractivity contribution in [1.29, 1.82) is 0 Å². The predicted octanol–water partition coefficient (Wildman–Crippen LogP) is 5.10. The first kappa shape index (κ1) is 12.3. The number of para-hydroxylation sites is 1. The molecule has 0 unspecified atom stereocenters. The van der Waals surface area contributed by atoms with Gasteiger partial charge in [0, 0.05) is 22.2 Å². The standard InChI is InChI=1S/C18H11ClN2/c19-14-9-12-5-1-3-7-15(12)16(10-14)18-20-11-13-6-2-4-8-17(13)21-18/h1-11H. The summed E-state index contributed by atoms with van der Waals surface area (Å²) in [6, 6.07) is 20.0. The highest BCUT2D eigenvalue weighted by Gasteiger charge is 2.09. The van der Waals surface area contributed by atoms with E-state index in [-0.39, 0.29) is 0 Å². The molecule has 0 radical (unpaired) electrons. The number of nitrogens with zero attached hydrogens (tertiary/aromatic N) is 2. The van der Waals surface area contributed by atoms with Gasteiger partial charge in [-0.25, -0.2) is 9.97 Å². The molecule has 0 aliphatic rings. The van der Waals surface area contributed by atoms with Crippen LogP contribution in [0.5, 0.6) is 0 Å². The minimum Gasteiger partial charge on any atom is -0.236 e. The fourth-order valence-electron chi connectivity index (χ4n) is 2.56. The molecule has 0 saturated carbocycles. The van der Waals surface area contributed by atoms with Crippen molar-refractivity contribution in [2.75, 3.05) is 0 Å². The lowest BCUT2D eigenvalue weighted by atomic mass is 10.0. The van der Waals surface area contributed by atoms with E-state index in [1.807, 2.05) is 60.8 Å². The zero-order valence-corrected chi connectivity index (χ0v) is 11.9. The molecule has 100 valence electrons. The van der Waals surface area contributed by atoms with Gasteiger partial charge in [0.2, 0.25) is 0 Å². The van der Waals surface area contributed by atoms with Crippen molar-refractivity contribution in [2.45, 2.75) is 0 Å². The third-order valence-electron chi connectivity index (χ3n) is 3.56. The Morgan fingerprint density at radius 1 is 0.810 bits per heavy atom. The summed E-state index contributed by atoms with van der Waals surface area (Å²) in [7, 11) is 0. The van der Waals surface area contributed by atoms with Crippen LogP contribution in [0.4, 0.5) is 0 Å². The lowest BCUT2D eigenvalue weighted by Crippen LogP contribution is -1.91. The van der Waals surface area contributed by atoms with E-state index in [9.17, 15) is 0 Å². The Bertz CT molecular complexity index is 963. The maximum absolute atomic E-state index is 6.24. The maximum Gasteiger partial charge on any atom is 0.160 e. The molecular weight excluding hydrogens is 280 g/mol. The quantitative estimate of drug-likeness (QED) is 0.487. The van der Waals surface area contributed by atoms with Gasteiger partial charge in [0.1, 0.15) is 0 Å². The Morgan fingerprint density at radius 3 is 2.48 bits per heavy atom. The van der Waals surface area contributed by atoms with Crippen molar-refractivity contribution in [1.82, 2.24) is 9.97 Å². The number of aromatic nitrogens is 2. The highest BCUT2D eigenvalue weighted by atomic mass is 35.5. The molecule has 0 amide bonds. The Kier molecular flexibility index (Phi) is 2.83. The number of fused-ring (bicyclic) bond motifs is 2. The molecule has 2 nitrogen and oxygen atoms in total. The SMILES string of the molecule is Clc1cc(-c2ncc3ccccc3n2)c2ccccc2c1. The first-order valence-electron chi connectivity index (χ1n) is 6.72. The number of benzene rings is 3. The van der Waals surface area contributed by atoms with E-state index in [1.54, 1.807) is 0 Å². The van der Waals surface area contributed by atoms with Crippen molar-refractivity contribution >= 4 is 33.3 Å². The molecule has 0 aliphatic carbocycles. The Labute approximate surface area is 127 Å². The van der Waals surface area contributed by atoms with E-state index >= 15 is 0 Å². The molecule has 3 aromatic carbocycles. The first-order chi connectivity index (χ1) is 10.3. The molecule has 1 aromatic heterocycles. The average Bonchev–Trinajstić information content (AvgIpc) is 2.53. The fraction of sp³-hybridized carbons (Fsp3) is 0. The minimum atomic E-state index is 0.695. The van der Waals surface area contributed by atoms with Crippen LogP contribution in [0.2, 0.25) is 5.02 Å². The van der Waals surface area contributed by atoms with Gasteiger partial charge in [0.25, 0.3) is 0 Å². The van der Waals surface area contributed by atoms with Gasteiger partial charge in [-0.2, -0.15) is 0 Å². The van der Waals surface area contributed by atoms with Gasteiger partial charge in [-0.15, -0.1) is 0 Å². The molecule has 0 bridgehead atoms. The summed E-state index contributed by atoms with van der Waals surface area (Å²) in [5.41, 5.74) is 1.90. The van der Waals surface area contributed by atoms with Crippen molar-refractivity contribution in [2.24, 2.45) is 0 Å². The average molecular weight is 291 g/mol. The third-order valence-corrected chi connectivity index (χ3v) is 3.77. The van der Waals surface area contributed by atoms with Gasteiger partial charge < -0.3 is 0 Å². The van der Waals surface area contributed by atoms with Crippen LogP contribution in [0.15, 0.2) is 66.9 Å². The first-order valence-corrected chi connectivity index (χ1v) is 7.09. The molecule has 3 heteroatoms. The van der Waals surface area contributed by atoms with E-state index in [2.05, 4.69) is 16.0 Å². The Morgan fingerprint density at radius 2 is 1.57 bits per heavy atom. The topological polar surface area (TPSA) is 25.8 Å². The number of rotatable bonds is 1. The largest absolute Gasteiger partial charge is 0.236 e. The van der Waals surface area contributed by atoms with E-state index in [1.165, 1.54) is 0 Å². The normalized spacial score (nSPS) is 11.1. The second kappa shape index (κ2) is 4.83. The van der Waals surface area contributed by atoms with Gasteiger partial charge in [-0.05, 0) is 29.0 Å². The molecule has 0 saturated heterocycles. The van der Waals surface area contributed by atoms with Crippen LogP contribution < -0.4 is 0 Å². The Hall–Kier alpha value is -2.45. The van der Waals surface area contributed by atoms with E-state index in [0.29, 0.717) is 10.8 Å². The van der Waals surface area contributed by atoms with Crippen molar-refractivity contribution < 1.29 is 0 Å². The van der Waals surface area contributed by atoms with Crippen LogP contribution in [0.3, 0.4) is 0 Å². The van der Waals surface area contributed by atoms with Crippen molar-refractivity contribution in [3.8, 4) is 11.4 Å². The van der Waals surface area contributed by atoms with Crippen molar-refractivity contribution in [3.05, 3.63) is 71.9 Å². The third kappa shape index (κ3) is 2.14. The van der Waals surface area contributed by atoms with Crippen LogP contribution in [-0.2, 0) is 0 Å². The molecule has 4 aromatic rings. The van der Waals surface area contributed by atoms with Gasteiger partial charge in [-0.1, -0.05) is 54.1 Å². The molecule has 21 heavy (non-hydrogen) atoms. The van der Waals surface area contributed by atoms with Crippen LogP contribution >= 0.6 is 11.6 Å². The zero-order chi connectivity index (χ0) is 14.2. The molecule has 4 rings (SSSR count). The van der Waals surface area contributed by atoms with Gasteiger partial charge in [0.15, 0.2) is 5.82 Å². The molecule has 0 aliphatic heterocycles. The number of hydrogen-bond acceptors (Lipinski definition) is 2. The summed E-state index contributed by atoms with van der Waals surface area (Å²) in [6.07, 6.45) is 1.85. The van der Waals surface area contributed by atoms with Gasteiger partial charge in [-0.3, -0.25) is 0 Å². The predicted molar refractivity (Wildman–Crippen MR) is 87.5 cm³/mol. The molecule has 0 spiro atoms. The summed E-state index contributed by atoms with van der Waals surface area (Å²) < 4.78 is 0. The Balaban J connectivity index is 2.03. The summed E-state index contributed by atoms with van der Waals surface area (Å²) >= 11 is 6.24. The highest BCUT2D eigenvalue weighted by Crippen LogP contribution is 2.30. The number of hydrogen-bond donors (Lipinski definition) is 0. The second-order valence-electron chi connectivity index (χ2n) is 4.93. The summed E-state index contributed by atoms with van der Waals surface area (Å²) in [4.78, 5) is 9.17. The number of halogens is 1. The van der Waals surface area contributed by atoms with Crippen LogP contribution in [-0.4, -0.2) is 9.97 Å². The monoisotopic (exact) mass is 290 g/mol. The van der Waals surface area contributed by atoms with E-state index in [4.69, 9.17) is 11.6 Å². The van der Waals surface area contributed by atoms with E-state index < -0.39 is 0 Å². The molecule has 0 N–H and O–H groups in total. The van der Waals surface area contributed by atoms with Gasteiger partial charge >= 0.3 is 0 Å². The molecule has 1 heterocycles. The summed E-state index contributed by atoms with van der Waals surface area (Å²) in [5, 5.41) is 3.93. The smallest absolute Gasteiger partial charge is 0.160 e. The molecule has 0 atom stereocenters. The zero-order valence-electron chi connectivity index (χ0n) is 11.1. The van der Waals surface area contributed by atoms with Gasteiger partial charge in [0.05, 0.1) is 5.52 Å². The fourth-order valence-corrected chi connectivity index (χ4v) is 2.79. The second-order valence-corrected chi connectivity index (χ2v) is 5.36. The molecule has 0 fully saturated rings.